The maximum atomic E-state index is 10.8. The van der Waals surface area contributed by atoms with Crippen LogP contribution in [0.15, 0.2) is 18.2 Å². The smallest absolute Gasteiger partial charge is 0.273 e. The number of nitro benzene ring substituents is 1. The SMILES string of the molecule is CC(C)(C)CC(C)(C)Nc1cc(N)cc([N+](=O)[O-])c1. The summed E-state index contributed by atoms with van der Waals surface area (Å²) in [7, 11) is 0. The molecule has 0 aromatic heterocycles. The van der Waals surface area contributed by atoms with Crippen molar-refractivity contribution in [3.8, 4) is 0 Å². The molecule has 0 saturated heterocycles. The Morgan fingerprint density at radius 1 is 1.21 bits per heavy atom. The molecule has 0 amide bonds. The zero-order valence-electron chi connectivity index (χ0n) is 12.3. The monoisotopic (exact) mass is 265 g/mol. The second kappa shape index (κ2) is 5.07. The van der Waals surface area contributed by atoms with E-state index in [0.717, 1.165) is 6.42 Å². The highest BCUT2D eigenvalue weighted by molar-refractivity contribution is 5.62. The number of hydrogen-bond acceptors (Lipinski definition) is 4. The van der Waals surface area contributed by atoms with Crippen LogP contribution in [-0.2, 0) is 0 Å². The molecule has 0 spiro atoms. The van der Waals surface area contributed by atoms with E-state index in [9.17, 15) is 10.1 Å². The number of benzene rings is 1. The van der Waals surface area contributed by atoms with Crippen LogP contribution in [0.1, 0.15) is 41.0 Å². The summed E-state index contributed by atoms with van der Waals surface area (Å²) in [6.45, 7) is 10.6. The first-order valence-corrected chi connectivity index (χ1v) is 6.32. The lowest BCUT2D eigenvalue weighted by Crippen LogP contribution is -2.35. The first-order valence-electron chi connectivity index (χ1n) is 6.32. The van der Waals surface area contributed by atoms with Gasteiger partial charge in [0, 0.05) is 29.0 Å². The van der Waals surface area contributed by atoms with E-state index in [1.165, 1.54) is 12.1 Å². The van der Waals surface area contributed by atoms with Crippen molar-refractivity contribution >= 4 is 17.1 Å². The molecule has 0 bridgehead atoms. The van der Waals surface area contributed by atoms with Gasteiger partial charge in [0.1, 0.15) is 0 Å². The van der Waals surface area contributed by atoms with Crippen LogP contribution in [0.25, 0.3) is 0 Å². The molecule has 19 heavy (non-hydrogen) atoms. The normalized spacial score (nSPS) is 12.3. The molecular formula is C14H23N3O2. The van der Waals surface area contributed by atoms with E-state index in [2.05, 4.69) is 39.9 Å². The van der Waals surface area contributed by atoms with E-state index in [-0.39, 0.29) is 16.6 Å². The minimum absolute atomic E-state index is 0.00839. The zero-order chi connectivity index (χ0) is 14.8. The van der Waals surface area contributed by atoms with Gasteiger partial charge >= 0.3 is 0 Å². The van der Waals surface area contributed by atoms with Gasteiger partial charge in [-0.1, -0.05) is 20.8 Å². The number of nitrogens with zero attached hydrogens (tertiary/aromatic N) is 1. The molecule has 1 aromatic carbocycles. The molecule has 3 N–H and O–H groups in total. The Hall–Kier alpha value is -1.78. The maximum absolute atomic E-state index is 10.8. The molecule has 1 aromatic rings. The number of nitrogens with two attached hydrogens (primary N) is 1. The molecule has 0 fully saturated rings. The van der Waals surface area contributed by atoms with Gasteiger partial charge in [0.15, 0.2) is 0 Å². The van der Waals surface area contributed by atoms with E-state index in [0.29, 0.717) is 11.4 Å². The van der Waals surface area contributed by atoms with Crippen molar-refractivity contribution in [2.75, 3.05) is 11.1 Å². The van der Waals surface area contributed by atoms with Crippen molar-refractivity contribution < 1.29 is 4.92 Å². The fourth-order valence-electron chi connectivity index (χ4n) is 2.57. The average Bonchev–Trinajstić information content (AvgIpc) is 2.10. The number of anilines is 2. The molecule has 0 saturated carbocycles. The van der Waals surface area contributed by atoms with Crippen molar-refractivity contribution in [3.05, 3.63) is 28.3 Å². The second-order valence-electron chi connectivity index (χ2n) is 6.82. The molecule has 1 rings (SSSR count). The lowest BCUT2D eigenvalue weighted by atomic mass is 9.81. The number of nitrogen functional groups attached to an aromatic ring is 1. The fourth-order valence-corrected chi connectivity index (χ4v) is 2.57. The molecule has 0 aliphatic carbocycles. The van der Waals surface area contributed by atoms with Crippen molar-refractivity contribution in [1.29, 1.82) is 0 Å². The molecule has 5 heteroatoms. The predicted molar refractivity (Wildman–Crippen MR) is 79.3 cm³/mol. The molecule has 0 radical (unpaired) electrons. The highest BCUT2D eigenvalue weighted by Crippen LogP contribution is 2.31. The first-order chi connectivity index (χ1) is 8.48. The van der Waals surface area contributed by atoms with Gasteiger partial charge in [-0.2, -0.15) is 0 Å². The minimum atomic E-state index is -0.432. The average molecular weight is 265 g/mol. The summed E-state index contributed by atoms with van der Waals surface area (Å²) in [5.41, 5.74) is 6.78. The van der Waals surface area contributed by atoms with E-state index in [1.807, 2.05) is 0 Å². The lowest BCUT2D eigenvalue weighted by molar-refractivity contribution is -0.384. The second-order valence-corrected chi connectivity index (χ2v) is 6.82. The Bertz CT molecular complexity index is 476. The van der Waals surface area contributed by atoms with Crippen LogP contribution in [0, 0.1) is 15.5 Å². The summed E-state index contributed by atoms with van der Waals surface area (Å²) in [6.07, 6.45) is 0.933. The van der Waals surface area contributed by atoms with E-state index in [4.69, 9.17) is 5.73 Å². The molecular weight excluding hydrogens is 242 g/mol. The summed E-state index contributed by atoms with van der Waals surface area (Å²) >= 11 is 0. The number of non-ortho nitro benzene ring substituents is 1. The largest absolute Gasteiger partial charge is 0.398 e. The van der Waals surface area contributed by atoms with E-state index in [1.54, 1.807) is 6.07 Å². The van der Waals surface area contributed by atoms with Gasteiger partial charge in [-0.05, 0) is 31.7 Å². The van der Waals surface area contributed by atoms with Gasteiger partial charge < -0.3 is 11.1 Å². The van der Waals surface area contributed by atoms with Crippen molar-refractivity contribution in [2.45, 2.75) is 46.6 Å². The standard InChI is InChI=1S/C14H23N3O2/c1-13(2,3)9-14(4,5)16-11-6-10(15)7-12(8-11)17(18)19/h6-8,16H,9,15H2,1-5H3. The van der Waals surface area contributed by atoms with Gasteiger partial charge in [0.25, 0.3) is 5.69 Å². The van der Waals surface area contributed by atoms with Crippen molar-refractivity contribution in [2.24, 2.45) is 5.41 Å². The number of nitro groups is 1. The molecule has 0 unspecified atom stereocenters. The van der Waals surface area contributed by atoms with Crippen LogP contribution >= 0.6 is 0 Å². The van der Waals surface area contributed by atoms with Crippen LogP contribution in [0.4, 0.5) is 17.1 Å². The minimum Gasteiger partial charge on any atom is -0.398 e. The molecule has 0 atom stereocenters. The van der Waals surface area contributed by atoms with Crippen LogP contribution in [0.2, 0.25) is 0 Å². The molecule has 0 heterocycles. The van der Waals surface area contributed by atoms with Crippen molar-refractivity contribution in [1.82, 2.24) is 0 Å². The third-order valence-electron chi connectivity index (χ3n) is 2.61. The number of nitrogens with one attached hydrogen (secondary N) is 1. The van der Waals surface area contributed by atoms with Crippen molar-refractivity contribution in [3.63, 3.8) is 0 Å². The Kier molecular flexibility index (Phi) is 4.08. The molecule has 5 nitrogen and oxygen atoms in total. The summed E-state index contributed by atoms with van der Waals surface area (Å²) in [5.74, 6) is 0. The molecule has 0 aliphatic heterocycles. The third kappa shape index (κ3) is 5.16. The zero-order valence-corrected chi connectivity index (χ0v) is 12.3. The van der Waals surface area contributed by atoms with E-state index >= 15 is 0 Å². The van der Waals surface area contributed by atoms with Crippen LogP contribution in [-0.4, -0.2) is 10.5 Å². The first kappa shape index (κ1) is 15.3. The lowest BCUT2D eigenvalue weighted by Gasteiger charge is -2.34. The van der Waals surface area contributed by atoms with Gasteiger partial charge in [0.05, 0.1) is 4.92 Å². The highest BCUT2D eigenvalue weighted by atomic mass is 16.6. The van der Waals surface area contributed by atoms with E-state index < -0.39 is 4.92 Å². The van der Waals surface area contributed by atoms with Gasteiger partial charge in [-0.3, -0.25) is 10.1 Å². The Labute approximate surface area is 114 Å². The number of hydrogen-bond donors (Lipinski definition) is 2. The summed E-state index contributed by atoms with van der Waals surface area (Å²) in [5, 5.41) is 14.1. The van der Waals surface area contributed by atoms with Crippen LogP contribution in [0.3, 0.4) is 0 Å². The van der Waals surface area contributed by atoms with Gasteiger partial charge in [-0.25, -0.2) is 0 Å². The summed E-state index contributed by atoms with van der Waals surface area (Å²) < 4.78 is 0. The van der Waals surface area contributed by atoms with Gasteiger partial charge in [0.2, 0.25) is 0 Å². The highest BCUT2D eigenvalue weighted by Gasteiger charge is 2.25. The third-order valence-corrected chi connectivity index (χ3v) is 2.61. The van der Waals surface area contributed by atoms with Crippen LogP contribution < -0.4 is 11.1 Å². The topological polar surface area (TPSA) is 81.2 Å². The summed E-state index contributed by atoms with van der Waals surface area (Å²) in [4.78, 5) is 10.4. The molecule has 106 valence electrons. The number of rotatable bonds is 4. The predicted octanol–water partition coefficient (Wildman–Crippen LogP) is 3.80. The Morgan fingerprint density at radius 2 is 1.79 bits per heavy atom. The van der Waals surface area contributed by atoms with Gasteiger partial charge in [-0.15, -0.1) is 0 Å². The maximum Gasteiger partial charge on any atom is 0.273 e. The quantitative estimate of drug-likeness (QED) is 0.493. The fraction of sp³-hybridized carbons (Fsp3) is 0.571. The molecule has 0 aliphatic rings. The Morgan fingerprint density at radius 3 is 2.26 bits per heavy atom. The Balaban J connectivity index is 2.96. The summed E-state index contributed by atoms with van der Waals surface area (Å²) in [6, 6.07) is 4.60. The van der Waals surface area contributed by atoms with Crippen LogP contribution in [0.5, 0.6) is 0 Å².